The number of methoxy groups -OCH3 is 3. The van der Waals surface area contributed by atoms with Gasteiger partial charge in [0, 0.05) is 40.4 Å². The zero-order valence-corrected chi connectivity index (χ0v) is 20.5. The molecule has 1 N–H and O–H groups in total. The Morgan fingerprint density at radius 3 is 2.15 bits per heavy atom. The summed E-state index contributed by atoms with van der Waals surface area (Å²) in [5.41, 5.74) is 4.95. The number of carbonyl (C=O) groups excluding carboxylic acids is 1. The first-order chi connectivity index (χ1) is 15.7. The number of allylic oxidation sites excluding steroid dienone is 1. The molecule has 176 valence electrons. The maximum absolute atomic E-state index is 12.9. The first kappa shape index (κ1) is 24.0. The molecule has 0 aliphatic rings. The Morgan fingerprint density at radius 1 is 0.970 bits per heavy atom. The first-order valence-electron chi connectivity index (χ1n) is 10.7. The third kappa shape index (κ3) is 4.62. The molecule has 0 radical (unpaired) electrons. The van der Waals surface area contributed by atoms with Crippen molar-refractivity contribution in [1.82, 2.24) is 0 Å². The monoisotopic (exact) mass is 453 g/mol. The predicted molar refractivity (Wildman–Crippen MR) is 130 cm³/mol. The van der Waals surface area contributed by atoms with Crippen LogP contribution in [0.4, 0.5) is 5.69 Å². The van der Waals surface area contributed by atoms with Gasteiger partial charge in [-0.25, -0.2) is 0 Å². The largest absolute Gasteiger partial charge is 0.493 e. The van der Waals surface area contributed by atoms with Crippen molar-refractivity contribution in [1.29, 1.82) is 0 Å². The van der Waals surface area contributed by atoms with Crippen LogP contribution in [0.5, 0.6) is 23.0 Å². The molecule has 1 aromatic heterocycles. The Hall–Kier alpha value is -3.61. The van der Waals surface area contributed by atoms with E-state index in [1.165, 1.54) is 21.3 Å². The van der Waals surface area contributed by atoms with Gasteiger partial charge in [0.05, 0.1) is 27.9 Å². The number of amides is 1. The fourth-order valence-corrected chi connectivity index (χ4v) is 3.84. The fraction of sp³-hybridized carbons (Fsp3) is 0.346. The normalized spacial score (nSPS) is 11.5. The molecule has 3 aromatic rings. The summed E-state index contributed by atoms with van der Waals surface area (Å²) in [5, 5.41) is 3.89. The van der Waals surface area contributed by atoms with Crippen LogP contribution in [0.1, 0.15) is 36.3 Å². The van der Waals surface area contributed by atoms with Gasteiger partial charge in [0.1, 0.15) is 17.1 Å². The Morgan fingerprint density at radius 2 is 1.61 bits per heavy atom. The average molecular weight is 454 g/mol. The van der Waals surface area contributed by atoms with Crippen LogP contribution in [0.3, 0.4) is 0 Å². The highest BCUT2D eigenvalue weighted by atomic mass is 16.5. The molecule has 0 bridgehead atoms. The van der Waals surface area contributed by atoms with Crippen LogP contribution in [0.25, 0.3) is 16.5 Å². The Kier molecular flexibility index (Phi) is 7.21. The molecule has 0 saturated carbocycles. The van der Waals surface area contributed by atoms with Gasteiger partial charge in [-0.2, -0.15) is 0 Å². The molecule has 7 heteroatoms. The molecule has 0 unspecified atom stereocenters. The molecular weight excluding hydrogens is 422 g/mol. The Balaban J connectivity index is 2.00. The van der Waals surface area contributed by atoms with E-state index in [1.807, 2.05) is 40.7 Å². The highest BCUT2D eigenvalue weighted by molar-refractivity contribution is 6.05. The molecule has 1 heterocycles. The highest BCUT2D eigenvalue weighted by Gasteiger charge is 2.19. The zero-order valence-electron chi connectivity index (χ0n) is 20.5. The number of rotatable bonds is 8. The molecule has 0 aliphatic carbocycles. The van der Waals surface area contributed by atoms with E-state index in [-0.39, 0.29) is 5.91 Å². The van der Waals surface area contributed by atoms with Crippen molar-refractivity contribution in [2.75, 3.05) is 33.3 Å². The van der Waals surface area contributed by atoms with Crippen LogP contribution in [-0.4, -0.2) is 33.8 Å². The topological polar surface area (TPSA) is 79.2 Å². The summed E-state index contributed by atoms with van der Waals surface area (Å²) in [7, 11) is 4.59. The van der Waals surface area contributed by atoms with E-state index >= 15 is 0 Å². The second-order valence-electron chi connectivity index (χ2n) is 7.70. The lowest BCUT2D eigenvalue weighted by Crippen LogP contribution is -2.09. The predicted octanol–water partition coefficient (Wildman–Crippen LogP) is 5.82. The van der Waals surface area contributed by atoms with Crippen molar-refractivity contribution in [3.63, 3.8) is 0 Å². The minimum atomic E-state index is -0.290. The van der Waals surface area contributed by atoms with Gasteiger partial charge in [0.2, 0.25) is 11.7 Å². The van der Waals surface area contributed by atoms with Gasteiger partial charge in [-0.15, -0.1) is 0 Å². The number of nitrogens with one attached hydrogen (secondary N) is 1. The van der Waals surface area contributed by atoms with Crippen LogP contribution in [0.2, 0.25) is 0 Å². The van der Waals surface area contributed by atoms with Crippen molar-refractivity contribution < 1.29 is 28.2 Å². The number of aryl methyl sites for hydroxylation is 3. The second-order valence-corrected chi connectivity index (χ2v) is 7.70. The van der Waals surface area contributed by atoms with Crippen molar-refractivity contribution in [2.45, 2.75) is 34.6 Å². The number of anilines is 1. The molecule has 7 nitrogen and oxygen atoms in total. The molecule has 0 saturated heterocycles. The van der Waals surface area contributed by atoms with Crippen molar-refractivity contribution in [3.8, 4) is 23.0 Å². The van der Waals surface area contributed by atoms with Crippen molar-refractivity contribution in [3.05, 3.63) is 46.7 Å². The van der Waals surface area contributed by atoms with E-state index < -0.39 is 0 Å². The SMILES string of the molecule is CCOc1c(/C(C)=C/C(=O)Nc2cc(OC)c(OC)c(OC)c2)cc2c(C)c(C)oc2c1C. The summed E-state index contributed by atoms with van der Waals surface area (Å²) in [6.45, 7) is 10.3. The van der Waals surface area contributed by atoms with E-state index in [4.69, 9.17) is 23.4 Å². The van der Waals surface area contributed by atoms with Gasteiger partial charge < -0.3 is 28.7 Å². The molecule has 1 amide bonds. The smallest absolute Gasteiger partial charge is 0.248 e. The number of hydrogen-bond donors (Lipinski definition) is 1. The van der Waals surface area contributed by atoms with Crippen molar-refractivity contribution >= 4 is 28.1 Å². The number of benzene rings is 2. The summed E-state index contributed by atoms with van der Waals surface area (Å²) < 4.78 is 28.0. The third-order valence-electron chi connectivity index (χ3n) is 5.64. The fourth-order valence-electron chi connectivity index (χ4n) is 3.84. The summed E-state index contributed by atoms with van der Waals surface area (Å²) in [6, 6.07) is 5.39. The Bertz CT molecular complexity index is 1200. The first-order valence-corrected chi connectivity index (χ1v) is 10.7. The van der Waals surface area contributed by atoms with Gasteiger partial charge in [-0.3, -0.25) is 4.79 Å². The number of fused-ring (bicyclic) bond motifs is 1. The summed E-state index contributed by atoms with van der Waals surface area (Å²) in [4.78, 5) is 12.9. The molecule has 33 heavy (non-hydrogen) atoms. The second kappa shape index (κ2) is 9.90. The summed E-state index contributed by atoms with van der Waals surface area (Å²) in [6.07, 6.45) is 1.55. The van der Waals surface area contributed by atoms with Crippen LogP contribution in [-0.2, 0) is 4.79 Å². The quantitative estimate of drug-likeness (QED) is 0.433. The van der Waals surface area contributed by atoms with Gasteiger partial charge in [-0.1, -0.05) is 0 Å². The van der Waals surface area contributed by atoms with Crippen LogP contribution in [0.15, 0.2) is 28.7 Å². The summed E-state index contributed by atoms with van der Waals surface area (Å²) >= 11 is 0. The van der Waals surface area contributed by atoms with E-state index in [9.17, 15) is 4.79 Å². The van der Waals surface area contributed by atoms with E-state index in [0.717, 1.165) is 39.0 Å². The molecule has 3 rings (SSSR count). The lowest BCUT2D eigenvalue weighted by atomic mass is 9.98. The molecule has 2 aromatic carbocycles. The molecule has 0 aliphatic heterocycles. The zero-order chi connectivity index (χ0) is 24.3. The van der Waals surface area contributed by atoms with Crippen LogP contribution >= 0.6 is 0 Å². The number of carbonyl (C=O) groups is 1. The lowest BCUT2D eigenvalue weighted by Gasteiger charge is -2.15. The van der Waals surface area contributed by atoms with Crippen molar-refractivity contribution in [2.24, 2.45) is 0 Å². The minimum absolute atomic E-state index is 0.290. The lowest BCUT2D eigenvalue weighted by molar-refractivity contribution is -0.111. The van der Waals surface area contributed by atoms with Crippen LogP contribution < -0.4 is 24.3 Å². The van der Waals surface area contributed by atoms with E-state index in [1.54, 1.807) is 18.2 Å². The minimum Gasteiger partial charge on any atom is -0.493 e. The number of hydrogen-bond acceptors (Lipinski definition) is 6. The average Bonchev–Trinajstić information content (AvgIpc) is 3.08. The third-order valence-corrected chi connectivity index (χ3v) is 5.64. The maximum Gasteiger partial charge on any atom is 0.248 e. The summed E-state index contributed by atoms with van der Waals surface area (Å²) in [5.74, 6) is 2.67. The van der Waals surface area contributed by atoms with Crippen LogP contribution in [0, 0.1) is 20.8 Å². The van der Waals surface area contributed by atoms with Gasteiger partial charge in [0.25, 0.3) is 0 Å². The van der Waals surface area contributed by atoms with E-state index in [2.05, 4.69) is 5.32 Å². The van der Waals surface area contributed by atoms with Gasteiger partial charge >= 0.3 is 0 Å². The number of ether oxygens (including phenoxy) is 4. The standard InChI is InChI=1S/C26H31NO6/c1-9-32-24-16(4)25-20(15(3)17(5)33-25)13-19(24)14(2)10-23(28)27-18-11-21(29-6)26(31-8)22(12-18)30-7/h10-13H,9H2,1-8H3,(H,27,28)/b14-10+. The van der Waals surface area contributed by atoms with E-state index in [0.29, 0.717) is 35.3 Å². The number of furan rings is 1. The highest BCUT2D eigenvalue weighted by Crippen LogP contribution is 2.41. The maximum atomic E-state index is 12.9. The van der Waals surface area contributed by atoms with Gasteiger partial charge in [-0.05, 0) is 51.8 Å². The molecule has 0 fully saturated rings. The van der Waals surface area contributed by atoms with Gasteiger partial charge in [0.15, 0.2) is 11.5 Å². The Labute approximate surface area is 194 Å². The molecular formula is C26H31NO6. The molecule has 0 atom stereocenters. The molecule has 0 spiro atoms.